The number of hydrogen-bond acceptors (Lipinski definition) is 9. The number of aromatic nitrogens is 2. The zero-order chi connectivity index (χ0) is 33.7. The fourth-order valence-electron chi connectivity index (χ4n) is 7.49. The van der Waals surface area contributed by atoms with E-state index < -0.39 is 65.2 Å². The number of carbonyl (C=O) groups is 3. The van der Waals surface area contributed by atoms with Crippen molar-refractivity contribution >= 4 is 29.0 Å². The molecule has 2 aromatic rings. The number of esters is 1. The Morgan fingerprint density at radius 1 is 1.11 bits per heavy atom. The second-order valence-electron chi connectivity index (χ2n) is 14.1. The quantitative estimate of drug-likeness (QED) is 0.332. The van der Waals surface area contributed by atoms with E-state index in [2.05, 4.69) is 15.3 Å². The van der Waals surface area contributed by atoms with Gasteiger partial charge in [-0.25, -0.2) is 19.6 Å². The van der Waals surface area contributed by atoms with Gasteiger partial charge in [0.25, 0.3) is 0 Å². The van der Waals surface area contributed by atoms with Gasteiger partial charge >= 0.3 is 18.0 Å². The molecule has 2 aliphatic heterocycles. The number of alkyl halides is 2. The molecule has 2 saturated carbocycles. The minimum absolute atomic E-state index is 0.00262. The Morgan fingerprint density at radius 3 is 2.57 bits per heavy atom. The Kier molecular flexibility index (Phi) is 8.57. The van der Waals surface area contributed by atoms with Crippen LogP contribution in [-0.4, -0.2) is 70.8 Å². The number of methoxy groups -OCH3 is 1. The number of alkyl carbamates (subject to hydrolysis) is 1. The Bertz CT molecular complexity index is 1650. The SMILES string of the molecule is COC(=O)[C@@H]1C[C@@H]2CN1C(=O)[C@H](C(C)(C)C)NC(=O)O[C@@H]1C[C@@H]3CC[C@@H]3[C@H]1CC/C=C/C(F)(F)c1nc3ccc(C#N)cc3nc1O2. The number of nitrogens with zero attached hydrogens (tertiary/aromatic N) is 4. The largest absolute Gasteiger partial charge is 0.471 e. The molecule has 2 bridgehead atoms. The van der Waals surface area contributed by atoms with Crippen molar-refractivity contribution in [1.82, 2.24) is 20.2 Å². The third-order valence-electron chi connectivity index (χ3n) is 10.0. The average Bonchev–Trinajstić information content (AvgIpc) is 3.53. The van der Waals surface area contributed by atoms with Crippen LogP contribution in [-0.2, 0) is 25.0 Å². The number of ether oxygens (including phenoxy) is 3. The second kappa shape index (κ2) is 12.4. The van der Waals surface area contributed by atoms with E-state index in [9.17, 15) is 19.6 Å². The van der Waals surface area contributed by atoms with Crippen LogP contribution in [0.15, 0.2) is 30.4 Å². The first-order chi connectivity index (χ1) is 22.3. The summed E-state index contributed by atoms with van der Waals surface area (Å²) >= 11 is 0. The van der Waals surface area contributed by atoms with E-state index >= 15 is 8.78 Å². The standard InChI is InChI=1S/C34H39F2N5O6/c1-33(2,3)28-30(42)41-17-20(15-25(41)31(43)45-4)46-29-27(38-23-11-8-18(16-37)13-24(23)39-29)34(35,36)12-6-5-7-22-21-10-9-19(21)14-26(22)47-32(44)40-28/h6,8,11-13,19-22,25-26,28H,5,7,9-10,14-15,17H2,1-4H3,(H,40,44)/b12-6+/t19-,20+,21-,22+,25-,26+,28+/m0/s1. The lowest BCUT2D eigenvalue weighted by Crippen LogP contribution is -2.57. The molecular formula is C34H39F2N5O6. The molecule has 7 atom stereocenters. The highest BCUT2D eigenvalue weighted by atomic mass is 19.3. The van der Waals surface area contributed by atoms with Crippen LogP contribution in [0.5, 0.6) is 5.88 Å². The molecule has 3 heterocycles. The van der Waals surface area contributed by atoms with Gasteiger partial charge in [0.1, 0.15) is 24.3 Å². The summed E-state index contributed by atoms with van der Waals surface area (Å²) in [5.41, 5.74) is -0.902. The number of fused-ring (bicyclic) bond motifs is 7. The summed E-state index contributed by atoms with van der Waals surface area (Å²) in [4.78, 5) is 50.3. The van der Waals surface area contributed by atoms with E-state index in [1.54, 1.807) is 20.8 Å². The first-order valence-electron chi connectivity index (χ1n) is 16.1. The molecule has 2 amide bonds. The summed E-state index contributed by atoms with van der Waals surface area (Å²) in [6.45, 7) is 5.20. The summed E-state index contributed by atoms with van der Waals surface area (Å²) in [5, 5.41) is 12.2. The van der Waals surface area contributed by atoms with Gasteiger partial charge in [0.05, 0.1) is 36.3 Å². The van der Waals surface area contributed by atoms with E-state index in [0.717, 1.165) is 18.9 Å². The predicted octanol–water partition coefficient (Wildman–Crippen LogP) is 5.02. The van der Waals surface area contributed by atoms with Crippen LogP contribution in [0.2, 0.25) is 0 Å². The van der Waals surface area contributed by atoms with E-state index in [-0.39, 0.29) is 35.5 Å². The topological polar surface area (TPSA) is 144 Å². The Morgan fingerprint density at radius 2 is 1.89 bits per heavy atom. The van der Waals surface area contributed by atoms with Crippen LogP contribution in [0.3, 0.4) is 0 Å². The molecule has 0 spiro atoms. The first-order valence-corrected chi connectivity index (χ1v) is 16.1. The summed E-state index contributed by atoms with van der Waals surface area (Å²) in [6.07, 6.45) is 3.63. The van der Waals surface area contributed by atoms with Crippen molar-refractivity contribution in [3.63, 3.8) is 0 Å². The molecule has 11 nitrogen and oxygen atoms in total. The Labute approximate surface area is 271 Å². The number of carbonyl (C=O) groups excluding carboxylic acids is 3. The number of halogens is 2. The smallest absolute Gasteiger partial charge is 0.408 e. The van der Waals surface area contributed by atoms with Crippen molar-refractivity contribution in [2.45, 2.75) is 89.5 Å². The number of allylic oxidation sites excluding steroid dienone is 2. The lowest BCUT2D eigenvalue weighted by molar-refractivity contribution is -0.152. The minimum Gasteiger partial charge on any atom is -0.471 e. The van der Waals surface area contributed by atoms with Gasteiger partial charge in [-0.2, -0.15) is 14.0 Å². The third-order valence-corrected chi connectivity index (χ3v) is 10.0. The molecule has 3 fully saturated rings. The van der Waals surface area contributed by atoms with Crippen LogP contribution in [0.4, 0.5) is 13.6 Å². The molecule has 1 saturated heterocycles. The first kappa shape index (κ1) is 32.6. The number of rotatable bonds is 1. The third kappa shape index (κ3) is 6.34. The molecule has 6 rings (SSSR count). The lowest BCUT2D eigenvalue weighted by Gasteiger charge is -2.35. The fraction of sp³-hybridized carbons (Fsp3) is 0.588. The van der Waals surface area contributed by atoms with Gasteiger partial charge < -0.3 is 24.4 Å². The molecule has 13 heteroatoms. The van der Waals surface area contributed by atoms with Crippen molar-refractivity contribution in [1.29, 1.82) is 5.26 Å². The number of hydrogen-bond donors (Lipinski definition) is 1. The Balaban J connectivity index is 1.42. The van der Waals surface area contributed by atoms with Gasteiger partial charge in [-0.15, -0.1) is 0 Å². The summed E-state index contributed by atoms with van der Waals surface area (Å²) in [6, 6.07) is 4.16. The molecule has 47 heavy (non-hydrogen) atoms. The van der Waals surface area contributed by atoms with Gasteiger partial charge in [-0.1, -0.05) is 26.8 Å². The van der Waals surface area contributed by atoms with E-state index in [1.807, 2.05) is 6.07 Å². The van der Waals surface area contributed by atoms with Crippen molar-refractivity contribution < 1.29 is 37.4 Å². The van der Waals surface area contributed by atoms with E-state index in [0.29, 0.717) is 31.1 Å². The number of nitrogens with one attached hydrogen (secondary N) is 1. The van der Waals surface area contributed by atoms with Crippen molar-refractivity contribution in [2.24, 2.45) is 23.2 Å². The summed E-state index contributed by atoms with van der Waals surface area (Å²) in [7, 11) is 1.19. The van der Waals surface area contributed by atoms with Crippen LogP contribution < -0.4 is 10.1 Å². The number of benzene rings is 1. The molecule has 1 aromatic heterocycles. The monoisotopic (exact) mass is 651 g/mol. The molecule has 1 aromatic carbocycles. The lowest BCUT2D eigenvalue weighted by atomic mass is 9.71. The fourth-order valence-corrected chi connectivity index (χ4v) is 7.49. The van der Waals surface area contributed by atoms with Crippen LogP contribution in [0, 0.1) is 34.5 Å². The van der Waals surface area contributed by atoms with Crippen LogP contribution in [0.25, 0.3) is 11.0 Å². The Hall–Kier alpha value is -4.34. The number of amides is 2. The van der Waals surface area contributed by atoms with Crippen LogP contribution in [0.1, 0.15) is 70.6 Å². The highest BCUT2D eigenvalue weighted by Crippen LogP contribution is 2.53. The summed E-state index contributed by atoms with van der Waals surface area (Å²) in [5.74, 6) is -4.57. The predicted molar refractivity (Wildman–Crippen MR) is 164 cm³/mol. The maximum atomic E-state index is 16.0. The van der Waals surface area contributed by atoms with Gasteiger partial charge in [0.15, 0.2) is 5.69 Å². The normalized spacial score (nSPS) is 31.3. The van der Waals surface area contributed by atoms with E-state index in [4.69, 9.17) is 14.2 Å². The zero-order valence-corrected chi connectivity index (χ0v) is 26.9. The average molecular weight is 652 g/mol. The van der Waals surface area contributed by atoms with E-state index in [1.165, 1.54) is 36.3 Å². The van der Waals surface area contributed by atoms with Gasteiger partial charge in [0.2, 0.25) is 11.8 Å². The molecule has 2 aliphatic carbocycles. The van der Waals surface area contributed by atoms with Gasteiger partial charge in [-0.3, -0.25) is 4.79 Å². The number of nitriles is 1. The minimum atomic E-state index is -3.59. The van der Waals surface area contributed by atoms with Crippen molar-refractivity contribution in [3.8, 4) is 11.9 Å². The molecule has 0 unspecified atom stereocenters. The maximum absolute atomic E-state index is 16.0. The van der Waals surface area contributed by atoms with Gasteiger partial charge in [0, 0.05) is 6.42 Å². The summed E-state index contributed by atoms with van der Waals surface area (Å²) < 4.78 is 49.0. The van der Waals surface area contributed by atoms with Gasteiger partial charge in [-0.05, 0) is 79.5 Å². The highest BCUT2D eigenvalue weighted by molar-refractivity contribution is 5.91. The highest BCUT2D eigenvalue weighted by Gasteiger charge is 2.51. The van der Waals surface area contributed by atoms with Crippen LogP contribution >= 0.6 is 0 Å². The second-order valence-corrected chi connectivity index (χ2v) is 14.1. The molecular weight excluding hydrogens is 612 g/mol. The zero-order valence-electron chi connectivity index (χ0n) is 26.9. The van der Waals surface area contributed by atoms with Crippen molar-refractivity contribution in [3.05, 3.63) is 41.6 Å². The molecule has 1 N–H and O–H groups in total. The molecule has 250 valence electrons. The molecule has 0 radical (unpaired) electrons. The van der Waals surface area contributed by atoms with Crippen molar-refractivity contribution in [2.75, 3.05) is 13.7 Å². The molecule has 4 aliphatic rings. The maximum Gasteiger partial charge on any atom is 0.408 e.